The summed E-state index contributed by atoms with van der Waals surface area (Å²) in [6.45, 7) is 3.52. The van der Waals surface area contributed by atoms with E-state index < -0.39 is 40.4 Å². The van der Waals surface area contributed by atoms with Gasteiger partial charge in [-0.15, -0.1) is 0 Å². The minimum Gasteiger partial charge on any atom is -0.454 e. The van der Waals surface area contributed by atoms with Gasteiger partial charge in [0.1, 0.15) is 22.4 Å². The van der Waals surface area contributed by atoms with Crippen LogP contribution in [0.15, 0.2) is 33.7 Å². The molecule has 0 radical (unpaired) electrons. The third-order valence-corrected chi connectivity index (χ3v) is 5.18. The zero-order valence-corrected chi connectivity index (χ0v) is 15.6. The van der Waals surface area contributed by atoms with Gasteiger partial charge in [0.15, 0.2) is 12.4 Å². The van der Waals surface area contributed by atoms with Gasteiger partial charge in [-0.05, 0) is 45.0 Å². The Bertz CT molecular complexity index is 920. The van der Waals surface area contributed by atoms with Crippen LogP contribution in [0.4, 0.5) is 10.1 Å². The van der Waals surface area contributed by atoms with E-state index in [9.17, 15) is 22.4 Å². The number of sulfonamides is 1. The molecule has 0 aliphatic heterocycles. The van der Waals surface area contributed by atoms with Crippen LogP contribution in [0.2, 0.25) is 0 Å². The van der Waals surface area contributed by atoms with Crippen LogP contribution < -0.4 is 10.0 Å². The number of aromatic nitrogens is 1. The van der Waals surface area contributed by atoms with Crippen molar-refractivity contribution in [1.29, 1.82) is 0 Å². The summed E-state index contributed by atoms with van der Waals surface area (Å²) in [7, 11) is -4.06. The molecule has 0 spiro atoms. The van der Waals surface area contributed by atoms with Crippen LogP contribution in [0.5, 0.6) is 0 Å². The summed E-state index contributed by atoms with van der Waals surface area (Å²) in [5.41, 5.74) is 0.476. The molecule has 0 unspecified atom stereocenters. The minimum atomic E-state index is -4.06. The van der Waals surface area contributed by atoms with Gasteiger partial charge in [-0.2, -0.15) is 4.72 Å². The Balaban J connectivity index is 1.90. The molecule has 0 aliphatic carbocycles. The van der Waals surface area contributed by atoms with Crippen LogP contribution in [0.25, 0.3) is 0 Å². The van der Waals surface area contributed by atoms with Gasteiger partial charge in [-0.1, -0.05) is 5.16 Å². The van der Waals surface area contributed by atoms with Crippen molar-refractivity contribution in [1.82, 2.24) is 9.88 Å². The topological polar surface area (TPSA) is 128 Å². The maximum Gasteiger partial charge on any atom is 0.324 e. The number of aryl methyl sites for hydroxylation is 2. The smallest absolute Gasteiger partial charge is 0.324 e. The third kappa shape index (κ3) is 5.34. The van der Waals surface area contributed by atoms with Crippen LogP contribution >= 0.6 is 0 Å². The number of ether oxygens (including phenoxy) is 1. The molecule has 2 aromatic rings. The fraction of sp³-hybridized carbons (Fsp3) is 0.312. The van der Waals surface area contributed by atoms with E-state index in [1.54, 1.807) is 0 Å². The minimum absolute atomic E-state index is 0.0826. The third-order valence-electron chi connectivity index (χ3n) is 3.40. The fourth-order valence-electron chi connectivity index (χ4n) is 2.19. The van der Waals surface area contributed by atoms with E-state index in [1.807, 2.05) is 0 Å². The van der Waals surface area contributed by atoms with Gasteiger partial charge in [-0.25, -0.2) is 12.8 Å². The molecule has 1 amide bonds. The van der Waals surface area contributed by atoms with E-state index in [0.29, 0.717) is 5.69 Å². The second kappa shape index (κ2) is 8.27. The first-order valence-corrected chi connectivity index (χ1v) is 9.25. The van der Waals surface area contributed by atoms with Crippen LogP contribution in [-0.2, 0) is 24.3 Å². The summed E-state index contributed by atoms with van der Waals surface area (Å²) in [5.74, 6) is -1.98. The lowest BCUT2D eigenvalue weighted by Crippen LogP contribution is -2.40. The molecule has 1 heterocycles. The number of amides is 1. The largest absolute Gasteiger partial charge is 0.454 e. The average molecular weight is 399 g/mol. The van der Waals surface area contributed by atoms with Crippen molar-refractivity contribution >= 4 is 27.6 Å². The molecule has 9 nitrogen and oxygen atoms in total. The van der Waals surface area contributed by atoms with Crippen molar-refractivity contribution in [3.8, 4) is 0 Å². The summed E-state index contributed by atoms with van der Waals surface area (Å²) < 4.78 is 49.2. The average Bonchev–Trinajstić information content (AvgIpc) is 2.93. The summed E-state index contributed by atoms with van der Waals surface area (Å²) in [6.07, 6.45) is 0. The molecular formula is C16H18FN3O6S. The highest BCUT2D eigenvalue weighted by Crippen LogP contribution is 2.19. The number of hydrogen-bond donors (Lipinski definition) is 2. The molecule has 0 bridgehead atoms. The van der Waals surface area contributed by atoms with Crippen LogP contribution in [-0.4, -0.2) is 38.1 Å². The Labute approximate surface area is 154 Å². The number of hydrogen-bond acceptors (Lipinski definition) is 7. The lowest BCUT2D eigenvalue weighted by molar-refractivity contribution is -0.148. The molecule has 0 saturated heterocycles. The molecule has 1 aromatic carbocycles. The predicted octanol–water partition coefficient (Wildman–Crippen LogP) is 1.28. The number of benzene rings is 1. The quantitative estimate of drug-likeness (QED) is 0.671. The van der Waals surface area contributed by atoms with Crippen LogP contribution in [0, 0.1) is 19.7 Å². The second-order valence-corrected chi connectivity index (χ2v) is 7.31. The second-order valence-electron chi connectivity index (χ2n) is 5.66. The molecule has 27 heavy (non-hydrogen) atoms. The van der Waals surface area contributed by atoms with Crippen LogP contribution in [0.1, 0.15) is 18.4 Å². The van der Waals surface area contributed by atoms with E-state index in [0.717, 1.165) is 12.1 Å². The predicted molar refractivity (Wildman–Crippen MR) is 91.7 cm³/mol. The number of carbonyl (C=O) groups is 2. The van der Waals surface area contributed by atoms with E-state index in [1.165, 1.54) is 32.9 Å². The number of anilines is 1. The molecule has 2 rings (SSSR count). The van der Waals surface area contributed by atoms with Crippen molar-refractivity contribution in [3.63, 3.8) is 0 Å². The maximum absolute atomic E-state index is 12.8. The summed E-state index contributed by atoms with van der Waals surface area (Å²) in [5, 5.41) is 5.96. The molecule has 1 atom stereocenters. The van der Waals surface area contributed by atoms with Crippen molar-refractivity contribution in [2.24, 2.45) is 0 Å². The normalized spacial score (nSPS) is 12.4. The van der Waals surface area contributed by atoms with Gasteiger partial charge >= 0.3 is 5.97 Å². The van der Waals surface area contributed by atoms with Gasteiger partial charge in [0, 0.05) is 5.69 Å². The first-order chi connectivity index (χ1) is 12.6. The van der Waals surface area contributed by atoms with Gasteiger partial charge in [0.05, 0.1) is 0 Å². The molecular weight excluding hydrogens is 381 g/mol. The monoisotopic (exact) mass is 399 g/mol. The first-order valence-electron chi connectivity index (χ1n) is 7.77. The van der Waals surface area contributed by atoms with Gasteiger partial charge < -0.3 is 14.6 Å². The standard InChI is InChI=1S/C16H18FN3O6S/c1-9-15(11(3)26-19-9)27(23,24)20-10(2)16(22)25-8-14(21)18-13-6-4-12(17)5-7-13/h4-7,10,20H,8H2,1-3H3,(H,18,21)/t10-/m0/s1. The van der Waals surface area contributed by atoms with Gasteiger partial charge in [0.2, 0.25) is 10.0 Å². The summed E-state index contributed by atoms with van der Waals surface area (Å²) in [4.78, 5) is 23.5. The number of carbonyl (C=O) groups excluding carboxylic acids is 2. The zero-order valence-electron chi connectivity index (χ0n) is 14.8. The van der Waals surface area contributed by atoms with E-state index in [2.05, 4.69) is 15.2 Å². The Morgan fingerprint density at radius 2 is 1.89 bits per heavy atom. The Morgan fingerprint density at radius 1 is 1.26 bits per heavy atom. The van der Waals surface area contributed by atoms with Crippen LogP contribution in [0.3, 0.4) is 0 Å². The van der Waals surface area contributed by atoms with Gasteiger partial charge in [-0.3, -0.25) is 9.59 Å². The molecule has 146 valence electrons. The maximum atomic E-state index is 12.8. The number of nitrogens with one attached hydrogen (secondary N) is 2. The van der Waals surface area contributed by atoms with Crippen molar-refractivity contribution in [2.75, 3.05) is 11.9 Å². The molecule has 2 N–H and O–H groups in total. The van der Waals surface area contributed by atoms with E-state index in [-0.39, 0.29) is 16.3 Å². The van der Waals surface area contributed by atoms with Crippen molar-refractivity contribution < 1.29 is 31.7 Å². The van der Waals surface area contributed by atoms with Crippen molar-refractivity contribution in [3.05, 3.63) is 41.5 Å². The Hall–Kier alpha value is -2.79. The SMILES string of the molecule is Cc1noc(C)c1S(=O)(=O)N[C@@H](C)C(=O)OCC(=O)Nc1ccc(F)cc1. The fourth-order valence-corrected chi connectivity index (χ4v) is 3.71. The molecule has 11 heteroatoms. The van der Waals surface area contributed by atoms with E-state index >= 15 is 0 Å². The van der Waals surface area contributed by atoms with E-state index in [4.69, 9.17) is 9.26 Å². The lowest BCUT2D eigenvalue weighted by atomic mass is 10.3. The molecule has 0 saturated carbocycles. The Kier molecular flexibility index (Phi) is 6.28. The highest BCUT2D eigenvalue weighted by molar-refractivity contribution is 7.89. The van der Waals surface area contributed by atoms with Gasteiger partial charge in [0.25, 0.3) is 5.91 Å². The summed E-state index contributed by atoms with van der Waals surface area (Å²) in [6, 6.07) is 3.76. The Morgan fingerprint density at radius 3 is 2.44 bits per heavy atom. The molecule has 0 aliphatic rings. The lowest BCUT2D eigenvalue weighted by Gasteiger charge is -2.13. The highest BCUT2D eigenvalue weighted by Gasteiger charge is 2.29. The molecule has 0 fully saturated rings. The number of nitrogens with zero attached hydrogens (tertiary/aromatic N) is 1. The number of halogens is 1. The van der Waals surface area contributed by atoms with Crippen molar-refractivity contribution in [2.45, 2.75) is 31.7 Å². The highest BCUT2D eigenvalue weighted by atomic mass is 32.2. The zero-order chi connectivity index (χ0) is 20.2. The summed E-state index contributed by atoms with van der Waals surface area (Å²) >= 11 is 0. The first kappa shape index (κ1) is 20.5. The number of esters is 1. The molecule has 1 aromatic heterocycles. The number of rotatable bonds is 7.